The Kier molecular flexibility index (Phi) is 8.44. The minimum Gasteiger partial charge on any atom is -0.489 e. The lowest BCUT2D eigenvalue weighted by Crippen LogP contribution is -2.28. The van der Waals surface area contributed by atoms with Crippen molar-refractivity contribution >= 4 is 17.7 Å². The molecule has 0 aliphatic heterocycles. The lowest BCUT2D eigenvalue weighted by Gasteiger charge is -2.15. The number of nitrogens with one attached hydrogen (secondary N) is 1. The number of anilines is 1. The van der Waals surface area contributed by atoms with Gasteiger partial charge in [-0.1, -0.05) is 12.1 Å². The van der Waals surface area contributed by atoms with E-state index in [9.17, 15) is 44.7 Å². The Labute approximate surface area is 230 Å². The van der Waals surface area contributed by atoms with Gasteiger partial charge < -0.3 is 14.8 Å². The van der Waals surface area contributed by atoms with Crippen molar-refractivity contribution in [1.29, 1.82) is 0 Å². The number of carbonyl (C=O) groups excluding carboxylic acids is 2. The molecule has 16 heteroatoms. The molecule has 1 N–H and O–H groups in total. The van der Waals surface area contributed by atoms with Gasteiger partial charge in [0.25, 0.3) is 5.91 Å². The van der Waals surface area contributed by atoms with E-state index >= 15 is 0 Å². The van der Waals surface area contributed by atoms with E-state index in [0.29, 0.717) is 17.7 Å². The third-order valence-electron chi connectivity index (χ3n) is 5.45. The SMILES string of the molecule is O=C(Nc1ccn(Cc2ccc(OCc3cccnc3)cc2C(F)(F)F)n1)c1c(F)ccc(OC(=O)C(F)(F)F)c1F. The monoisotopic (exact) mass is 600 g/mol. The summed E-state index contributed by atoms with van der Waals surface area (Å²) in [5.74, 6) is -9.50. The number of aromatic nitrogens is 3. The van der Waals surface area contributed by atoms with Gasteiger partial charge in [0.1, 0.15) is 23.7 Å². The van der Waals surface area contributed by atoms with Crippen LogP contribution >= 0.6 is 0 Å². The van der Waals surface area contributed by atoms with Crippen LogP contribution in [0.2, 0.25) is 0 Å². The second kappa shape index (κ2) is 11.8. The quantitative estimate of drug-likeness (QED) is 0.153. The van der Waals surface area contributed by atoms with E-state index in [0.717, 1.165) is 23.0 Å². The Morgan fingerprint density at radius 1 is 0.976 bits per heavy atom. The number of esters is 1. The van der Waals surface area contributed by atoms with Crippen molar-refractivity contribution in [2.45, 2.75) is 25.5 Å². The molecular formula is C26H16F8N4O4. The van der Waals surface area contributed by atoms with E-state index in [1.165, 1.54) is 24.5 Å². The average Bonchev–Trinajstić information content (AvgIpc) is 3.35. The highest BCUT2D eigenvalue weighted by Gasteiger charge is 2.42. The van der Waals surface area contributed by atoms with Crippen LogP contribution in [0.3, 0.4) is 0 Å². The van der Waals surface area contributed by atoms with Gasteiger partial charge in [0.2, 0.25) is 0 Å². The highest BCUT2D eigenvalue weighted by atomic mass is 19.4. The zero-order valence-corrected chi connectivity index (χ0v) is 20.8. The van der Waals surface area contributed by atoms with Crippen molar-refractivity contribution in [3.63, 3.8) is 0 Å². The summed E-state index contributed by atoms with van der Waals surface area (Å²) >= 11 is 0. The molecule has 0 atom stereocenters. The normalized spacial score (nSPS) is 11.7. The second-order valence-corrected chi connectivity index (χ2v) is 8.44. The van der Waals surface area contributed by atoms with Crippen molar-refractivity contribution in [2.24, 2.45) is 0 Å². The van der Waals surface area contributed by atoms with Gasteiger partial charge in [-0.05, 0) is 35.9 Å². The summed E-state index contributed by atoms with van der Waals surface area (Å²) in [5, 5.41) is 5.84. The molecule has 8 nitrogen and oxygen atoms in total. The summed E-state index contributed by atoms with van der Waals surface area (Å²) in [6, 6.07) is 8.50. The highest BCUT2D eigenvalue weighted by Crippen LogP contribution is 2.35. The maximum atomic E-state index is 14.6. The van der Waals surface area contributed by atoms with Gasteiger partial charge in [-0.2, -0.15) is 31.4 Å². The number of benzene rings is 2. The molecule has 0 fully saturated rings. The topological polar surface area (TPSA) is 95.3 Å². The number of pyridine rings is 1. The zero-order valence-electron chi connectivity index (χ0n) is 20.8. The Hall–Kier alpha value is -5.02. The Morgan fingerprint density at radius 2 is 1.74 bits per heavy atom. The molecule has 2 heterocycles. The highest BCUT2D eigenvalue weighted by molar-refractivity contribution is 6.04. The van der Waals surface area contributed by atoms with Crippen LogP contribution in [-0.4, -0.2) is 32.8 Å². The number of hydrogen-bond acceptors (Lipinski definition) is 6. The number of rotatable bonds is 8. The van der Waals surface area contributed by atoms with Crippen LogP contribution in [-0.2, 0) is 24.1 Å². The van der Waals surface area contributed by atoms with Crippen LogP contribution in [0, 0.1) is 11.6 Å². The molecule has 0 bridgehead atoms. The van der Waals surface area contributed by atoms with Crippen molar-refractivity contribution in [3.8, 4) is 11.5 Å². The smallest absolute Gasteiger partial charge is 0.489 e. The van der Waals surface area contributed by atoms with E-state index in [4.69, 9.17) is 4.74 Å². The number of halogens is 8. The molecule has 0 spiro atoms. The van der Waals surface area contributed by atoms with E-state index in [1.807, 2.05) is 5.32 Å². The molecule has 0 saturated heterocycles. The minimum atomic E-state index is -5.49. The molecule has 2 aromatic heterocycles. The van der Waals surface area contributed by atoms with Gasteiger partial charge in [-0.15, -0.1) is 0 Å². The van der Waals surface area contributed by atoms with Crippen molar-refractivity contribution in [1.82, 2.24) is 14.8 Å². The van der Waals surface area contributed by atoms with E-state index in [1.54, 1.807) is 12.1 Å². The number of carbonyl (C=O) groups is 2. The summed E-state index contributed by atoms with van der Waals surface area (Å²) in [6.45, 7) is -0.471. The fraction of sp³-hybridized carbons (Fsp3) is 0.154. The Balaban J connectivity index is 1.49. The van der Waals surface area contributed by atoms with Crippen LogP contribution in [0.5, 0.6) is 11.5 Å². The number of hydrogen-bond donors (Lipinski definition) is 1. The summed E-state index contributed by atoms with van der Waals surface area (Å²) in [4.78, 5) is 27.4. The van der Waals surface area contributed by atoms with Crippen molar-refractivity contribution in [2.75, 3.05) is 5.32 Å². The lowest BCUT2D eigenvalue weighted by molar-refractivity contribution is -0.189. The predicted molar refractivity (Wildman–Crippen MR) is 127 cm³/mol. The van der Waals surface area contributed by atoms with Gasteiger partial charge >= 0.3 is 18.3 Å². The minimum absolute atomic E-state index is 0.0262. The fourth-order valence-corrected chi connectivity index (χ4v) is 3.55. The summed E-state index contributed by atoms with van der Waals surface area (Å²) in [5.41, 5.74) is -2.01. The van der Waals surface area contributed by atoms with Gasteiger partial charge in [0.15, 0.2) is 17.4 Å². The number of amides is 1. The van der Waals surface area contributed by atoms with Crippen LogP contribution in [0.15, 0.2) is 67.1 Å². The molecule has 0 radical (unpaired) electrons. The van der Waals surface area contributed by atoms with Crippen LogP contribution in [0.25, 0.3) is 0 Å². The molecule has 0 aliphatic rings. The number of alkyl halides is 6. The molecular weight excluding hydrogens is 584 g/mol. The van der Waals surface area contributed by atoms with E-state index in [-0.39, 0.29) is 23.7 Å². The van der Waals surface area contributed by atoms with Gasteiger partial charge in [0.05, 0.1) is 12.1 Å². The fourth-order valence-electron chi connectivity index (χ4n) is 3.55. The largest absolute Gasteiger partial charge is 0.491 e. The standard InChI is InChI=1S/C26H16F8N4O4/c27-18-5-6-19(42-24(40)26(32,33)34)22(28)21(18)23(39)36-20-7-9-38(37-20)12-15-3-4-16(10-17(15)25(29,30)31)41-13-14-2-1-8-35-11-14/h1-11H,12-13H2,(H,36,37,39). The summed E-state index contributed by atoms with van der Waals surface area (Å²) in [6.07, 6.45) is -6.08. The number of ether oxygens (including phenoxy) is 2. The molecule has 4 rings (SSSR count). The predicted octanol–water partition coefficient (Wildman–Crippen LogP) is 5.92. The van der Waals surface area contributed by atoms with Gasteiger partial charge in [-0.3, -0.25) is 14.5 Å². The maximum Gasteiger partial charge on any atom is 0.491 e. The molecule has 0 saturated carbocycles. The maximum absolute atomic E-state index is 14.6. The molecule has 42 heavy (non-hydrogen) atoms. The number of nitrogens with zero attached hydrogens (tertiary/aromatic N) is 3. The Morgan fingerprint density at radius 3 is 2.40 bits per heavy atom. The summed E-state index contributed by atoms with van der Waals surface area (Å²) < 4.78 is 118. The third-order valence-corrected chi connectivity index (χ3v) is 5.45. The lowest BCUT2D eigenvalue weighted by atomic mass is 10.1. The van der Waals surface area contributed by atoms with Gasteiger partial charge in [0, 0.05) is 30.2 Å². The molecule has 220 valence electrons. The van der Waals surface area contributed by atoms with E-state index < -0.39 is 59.3 Å². The molecule has 0 aliphatic carbocycles. The first-order valence-corrected chi connectivity index (χ1v) is 11.6. The zero-order chi connectivity index (χ0) is 30.7. The Bertz CT molecular complexity index is 1600. The van der Waals surface area contributed by atoms with Crippen LogP contribution in [0.4, 0.5) is 40.9 Å². The van der Waals surface area contributed by atoms with Crippen LogP contribution in [0.1, 0.15) is 27.0 Å². The van der Waals surface area contributed by atoms with E-state index in [2.05, 4.69) is 14.8 Å². The molecule has 1 amide bonds. The van der Waals surface area contributed by atoms with Crippen LogP contribution < -0.4 is 14.8 Å². The summed E-state index contributed by atoms with van der Waals surface area (Å²) in [7, 11) is 0. The van der Waals surface area contributed by atoms with Crippen molar-refractivity contribution in [3.05, 3.63) is 101 Å². The molecule has 2 aromatic carbocycles. The third kappa shape index (κ3) is 7.18. The average molecular weight is 600 g/mol. The first-order valence-electron chi connectivity index (χ1n) is 11.6. The van der Waals surface area contributed by atoms with Gasteiger partial charge in [-0.25, -0.2) is 13.6 Å². The second-order valence-electron chi connectivity index (χ2n) is 8.44. The molecule has 4 aromatic rings. The first-order chi connectivity index (χ1) is 19.7. The first kappa shape index (κ1) is 30.0. The molecule has 0 unspecified atom stereocenters. The van der Waals surface area contributed by atoms with Crippen molar-refractivity contribution < 1.29 is 54.2 Å².